The van der Waals surface area contributed by atoms with Crippen LogP contribution in [0, 0.1) is 6.92 Å². The lowest BCUT2D eigenvalue weighted by atomic mass is 10.2. The average molecular weight is 534 g/mol. The largest absolute Gasteiger partial charge is 0.497 e. The number of hydrogen-bond acceptors (Lipinski definition) is 4. The van der Waals surface area contributed by atoms with Crippen LogP contribution < -0.4 is 20.1 Å². The number of methoxy groups -OCH3 is 1. The Labute approximate surface area is 193 Å². The second kappa shape index (κ2) is 10.5. The second-order valence-corrected chi connectivity index (χ2v) is 8.39. The van der Waals surface area contributed by atoms with E-state index in [0.717, 1.165) is 37.2 Å². The first kappa shape index (κ1) is 22.2. The highest BCUT2D eigenvalue weighted by Crippen LogP contribution is 2.35. The van der Waals surface area contributed by atoms with E-state index in [1.54, 1.807) is 7.11 Å². The van der Waals surface area contributed by atoms with Crippen molar-refractivity contribution in [3.63, 3.8) is 0 Å². The summed E-state index contributed by atoms with van der Waals surface area (Å²) in [6.45, 7) is 2.53. The van der Waals surface area contributed by atoms with Crippen molar-refractivity contribution in [1.82, 2.24) is 0 Å². The number of anilines is 2. The van der Waals surface area contributed by atoms with Gasteiger partial charge in [-0.05, 0) is 98.4 Å². The van der Waals surface area contributed by atoms with Gasteiger partial charge < -0.3 is 20.1 Å². The van der Waals surface area contributed by atoms with Gasteiger partial charge in [0.2, 0.25) is 0 Å². The van der Waals surface area contributed by atoms with Crippen LogP contribution in [0.5, 0.6) is 11.5 Å². The number of halogens is 2. The van der Waals surface area contributed by atoms with Crippen molar-refractivity contribution >= 4 is 49.1 Å². The summed E-state index contributed by atoms with van der Waals surface area (Å²) in [6, 6.07) is 19.3. The zero-order valence-corrected chi connectivity index (χ0v) is 19.8. The van der Waals surface area contributed by atoms with Crippen LogP contribution in [0.25, 0.3) is 0 Å². The molecule has 0 aliphatic rings. The smallest absolute Gasteiger partial charge is 0.262 e. The zero-order chi connectivity index (χ0) is 21.5. The Morgan fingerprint density at radius 2 is 1.67 bits per heavy atom. The molecule has 7 heteroatoms. The Hall–Kier alpha value is -2.51. The topological polar surface area (TPSA) is 59.6 Å². The second-order valence-electron chi connectivity index (χ2n) is 6.68. The average Bonchev–Trinajstić information content (AvgIpc) is 2.72. The van der Waals surface area contributed by atoms with Gasteiger partial charge in [-0.1, -0.05) is 12.1 Å². The van der Waals surface area contributed by atoms with E-state index in [-0.39, 0.29) is 12.5 Å². The van der Waals surface area contributed by atoms with Crippen molar-refractivity contribution in [2.24, 2.45) is 0 Å². The first-order valence-electron chi connectivity index (χ1n) is 9.30. The number of hydrogen-bond donors (Lipinski definition) is 2. The number of carbonyl (C=O) groups excluding carboxylic acids is 1. The summed E-state index contributed by atoms with van der Waals surface area (Å²) in [6.07, 6.45) is 0. The maximum Gasteiger partial charge on any atom is 0.262 e. The molecule has 0 saturated carbocycles. The van der Waals surface area contributed by atoms with Gasteiger partial charge in [0.15, 0.2) is 6.61 Å². The lowest BCUT2D eigenvalue weighted by Gasteiger charge is -2.13. The Morgan fingerprint density at radius 3 is 2.30 bits per heavy atom. The van der Waals surface area contributed by atoms with Crippen LogP contribution in [0.15, 0.2) is 69.6 Å². The molecule has 0 fully saturated rings. The lowest BCUT2D eigenvalue weighted by molar-refractivity contribution is -0.118. The maximum absolute atomic E-state index is 12.2. The fourth-order valence-electron chi connectivity index (χ4n) is 2.82. The van der Waals surface area contributed by atoms with E-state index in [0.29, 0.717) is 12.3 Å². The third-order valence-corrected chi connectivity index (χ3v) is 5.47. The molecule has 3 aromatic carbocycles. The summed E-state index contributed by atoms with van der Waals surface area (Å²) in [5.74, 6) is 1.19. The number of amides is 1. The number of carbonyl (C=O) groups is 1. The summed E-state index contributed by atoms with van der Waals surface area (Å²) in [7, 11) is 1.65. The summed E-state index contributed by atoms with van der Waals surface area (Å²) in [5, 5.41) is 6.20. The number of benzene rings is 3. The van der Waals surface area contributed by atoms with E-state index >= 15 is 0 Å². The molecule has 0 aliphatic carbocycles. The van der Waals surface area contributed by atoms with Crippen LogP contribution in [-0.4, -0.2) is 19.6 Å². The van der Waals surface area contributed by atoms with Crippen LogP contribution >= 0.6 is 31.9 Å². The molecular formula is C23H22Br2N2O3. The van der Waals surface area contributed by atoms with Crippen molar-refractivity contribution in [3.05, 3.63) is 80.7 Å². The van der Waals surface area contributed by atoms with Crippen LogP contribution in [0.4, 0.5) is 11.4 Å². The third-order valence-electron chi connectivity index (χ3n) is 4.29. The molecule has 5 nitrogen and oxygen atoms in total. The predicted molar refractivity (Wildman–Crippen MR) is 127 cm³/mol. The van der Waals surface area contributed by atoms with Crippen molar-refractivity contribution in [2.45, 2.75) is 13.5 Å². The summed E-state index contributed by atoms with van der Waals surface area (Å²) in [5.41, 5.74) is 3.89. The van der Waals surface area contributed by atoms with Gasteiger partial charge in [0.05, 0.1) is 16.1 Å². The Kier molecular flexibility index (Phi) is 7.76. The maximum atomic E-state index is 12.2. The third kappa shape index (κ3) is 6.24. The van der Waals surface area contributed by atoms with Crippen LogP contribution in [0.1, 0.15) is 11.1 Å². The highest BCUT2D eigenvalue weighted by molar-refractivity contribution is 9.11. The van der Waals surface area contributed by atoms with Crippen LogP contribution in [-0.2, 0) is 11.3 Å². The predicted octanol–water partition coefficient (Wildman–Crippen LogP) is 6.16. The van der Waals surface area contributed by atoms with Gasteiger partial charge in [0.1, 0.15) is 11.5 Å². The van der Waals surface area contributed by atoms with E-state index in [1.165, 1.54) is 0 Å². The number of ether oxygens (including phenoxy) is 2. The van der Waals surface area contributed by atoms with Gasteiger partial charge in [-0.2, -0.15) is 0 Å². The lowest BCUT2D eigenvalue weighted by Crippen LogP contribution is -2.20. The van der Waals surface area contributed by atoms with E-state index in [4.69, 9.17) is 9.47 Å². The first-order chi connectivity index (χ1) is 14.4. The molecule has 0 saturated heterocycles. The molecule has 30 heavy (non-hydrogen) atoms. The standard InChI is InChI=1S/C23H22Br2N2O3/c1-15-4-3-5-18(10-15)27-22(28)14-30-23-20(24)11-16(12-21(23)25)13-26-17-6-8-19(29-2)9-7-17/h3-12,26H,13-14H2,1-2H3,(H,27,28). The minimum absolute atomic E-state index is 0.0887. The summed E-state index contributed by atoms with van der Waals surface area (Å²) >= 11 is 7.08. The van der Waals surface area contributed by atoms with Gasteiger partial charge in [-0.3, -0.25) is 4.79 Å². The highest BCUT2D eigenvalue weighted by atomic mass is 79.9. The quantitative estimate of drug-likeness (QED) is 0.364. The molecule has 2 N–H and O–H groups in total. The van der Waals surface area contributed by atoms with Gasteiger partial charge in [0, 0.05) is 17.9 Å². The van der Waals surface area contributed by atoms with Gasteiger partial charge in [-0.15, -0.1) is 0 Å². The van der Waals surface area contributed by atoms with E-state index < -0.39 is 0 Å². The number of rotatable bonds is 8. The molecule has 0 heterocycles. The molecule has 0 aliphatic heterocycles. The Bertz CT molecular complexity index is 1000. The van der Waals surface area contributed by atoms with Gasteiger partial charge in [-0.25, -0.2) is 0 Å². The molecule has 3 aromatic rings. The molecule has 0 aromatic heterocycles. The molecule has 0 radical (unpaired) electrons. The van der Waals surface area contributed by atoms with Crippen molar-refractivity contribution in [2.75, 3.05) is 24.4 Å². The minimum Gasteiger partial charge on any atom is -0.497 e. The van der Waals surface area contributed by atoms with Crippen molar-refractivity contribution in [1.29, 1.82) is 0 Å². The number of nitrogens with one attached hydrogen (secondary N) is 2. The highest BCUT2D eigenvalue weighted by Gasteiger charge is 2.12. The molecule has 1 amide bonds. The van der Waals surface area contributed by atoms with E-state index in [2.05, 4.69) is 42.5 Å². The molecule has 3 rings (SSSR count). The molecule has 0 bridgehead atoms. The Morgan fingerprint density at radius 1 is 0.967 bits per heavy atom. The van der Waals surface area contributed by atoms with Crippen molar-refractivity contribution in [3.8, 4) is 11.5 Å². The Balaban J connectivity index is 1.57. The molecule has 156 valence electrons. The summed E-state index contributed by atoms with van der Waals surface area (Å²) < 4.78 is 12.4. The zero-order valence-electron chi connectivity index (χ0n) is 16.7. The van der Waals surface area contributed by atoms with Crippen molar-refractivity contribution < 1.29 is 14.3 Å². The van der Waals surface area contributed by atoms with Gasteiger partial charge in [0.25, 0.3) is 5.91 Å². The van der Waals surface area contributed by atoms with E-state index in [1.807, 2.05) is 67.6 Å². The number of aryl methyl sites for hydroxylation is 1. The van der Waals surface area contributed by atoms with Crippen LogP contribution in [0.2, 0.25) is 0 Å². The summed E-state index contributed by atoms with van der Waals surface area (Å²) in [4.78, 5) is 12.2. The fourth-order valence-corrected chi connectivity index (χ4v) is 4.33. The van der Waals surface area contributed by atoms with E-state index in [9.17, 15) is 4.79 Å². The first-order valence-corrected chi connectivity index (χ1v) is 10.9. The minimum atomic E-state index is -0.218. The van der Waals surface area contributed by atoms with Crippen LogP contribution in [0.3, 0.4) is 0 Å². The molecule has 0 spiro atoms. The molecule has 0 unspecified atom stereocenters. The molecular weight excluding hydrogens is 512 g/mol. The normalized spacial score (nSPS) is 10.4. The monoisotopic (exact) mass is 532 g/mol. The SMILES string of the molecule is COc1ccc(NCc2cc(Br)c(OCC(=O)Nc3cccc(C)c3)c(Br)c2)cc1. The molecule has 0 atom stereocenters. The van der Waals surface area contributed by atoms with Gasteiger partial charge >= 0.3 is 0 Å². The fraction of sp³-hybridized carbons (Fsp3) is 0.174.